The van der Waals surface area contributed by atoms with Gasteiger partial charge in [-0.3, -0.25) is 4.79 Å². The van der Waals surface area contributed by atoms with E-state index >= 15 is 0 Å². The number of anilines is 1. The lowest BCUT2D eigenvalue weighted by atomic mass is 10.1. The fourth-order valence-corrected chi connectivity index (χ4v) is 2.78. The molecule has 0 radical (unpaired) electrons. The number of nitrogens with one attached hydrogen (secondary N) is 1. The summed E-state index contributed by atoms with van der Waals surface area (Å²) in [6, 6.07) is 7.30. The molecule has 1 aromatic carbocycles. The van der Waals surface area contributed by atoms with Crippen molar-refractivity contribution in [1.82, 2.24) is 9.80 Å². The van der Waals surface area contributed by atoms with Crippen LogP contribution in [0.15, 0.2) is 24.3 Å². The first-order valence-electron chi connectivity index (χ1n) is 7.22. The molecule has 0 saturated carbocycles. The molecule has 1 aromatic rings. The molecule has 1 saturated heterocycles. The first-order chi connectivity index (χ1) is 9.88. The third kappa shape index (κ3) is 3.61. The third-order valence-electron chi connectivity index (χ3n) is 4.07. The molecule has 2 unspecified atom stereocenters. The van der Waals surface area contributed by atoms with E-state index in [1.165, 1.54) is 6.92 Å². The van der Waals surface area contributed by atoms with Gasteiger partial charge in [0.2, 0.25) is 0 Å². The molecule has 1 heterocycles. The Balaban J connectivity index is 1.97. The number of carbonyl (C=O) groups excluding carboxylic acids is 2. The van der Waals surface area contributed by atoms with Crippen molar-refractivity contribution in [3.8, 4) is 0 Å². The number of likely N-dealkylation sites (N-methyl/N-ethyl adjacent to an activating group) is 1. The molecule has 2 atom stereocenters. The first kappa shape index (κ1) is 15.5. The number of nitrogens with zero attached hydrogens (tertiary/aromatic N) is 2. The van der Waals surface area contributed by atoms with Gasteiger partial charge in [-0.25, -0.2) is 4.79 Å². The number of Topliss-reactive ketones (excluding diaryl/α,β-unsaturated/α-hetero) is 1. The summed E-state index contributed by atoms with van der Waals surface area (Å²) in [5.74, 6) is 0.487. The highest BCUT2D eigenvalue weighted by Crippen LogP contribution is 2.21. The van der Waals surface area contributed by atoms with Crippen molar-refractivity contribution in [3.63, 3.8) is 0 Å². The van der Waals surface area contributed by atoms with Gasteiger partial charge < -0.3 is 15.1 Å². The van der Waals surface area contributed by atoms with E-state index in [1.54, 1.807) is 24.3 Å². The Bertz CT molecular complexity index is 525. The zero-order valence-electron chi connectivity index (χ0n) is 13.1. The lowest BCUT2D eigenvalue weighted by molar-refractivity contribution is 0.101. The van der Waals surface area contributed by atoms with Crippen molar-refractivity contribution in [1.29, 1.82) is 0 Å². The molecule has 5 nitrogen and oxygen atoms in total. The maximum absolute atomic E-state index is 12.3. The molecule has 1 N–H and O–H groups in total. The fraction of sp³-hybridized carbons (Fsp3) is 0.500. The van der Waals surface area contributed by atoms with Crippen LogP contribution in [0.2, 0.25) is 0 Å². The predicted molar refractivity (Wildman–Crippen MR) is 83.7 cm³/mol. The third-order valence-corrected chi connectivity index (χ3v) is 4.07. The molecule has 5 heteroatoms. The van der Waals surface area contributed by atoms with Crippen molar-refractivity contribution in [2.24, 2.45) is 5.92 Å². The second-order valence-corrected chi connectivity index (χ2v) is 5.98. The van der Waals surface area contributed by atoms with Gasteiger partial charge in [-0.05, 0) is 51.2 Å². The lowest BCUT2D eigenvalue weighted by Gasteiger charge is -2.22. The number of ketones is 1. The molecule has 0 bridgehead atoms. The highest BCUT2D eigenvalue weighted by molar-refractivity contribution is 5.95. The first-order valence-corrected chi connectivity index (χ1v) is 7.22. The number of rotatable bonds is 3. The largest absolute Gasteiger partial charge is 0.323 e. The summed E-state index contributed by atoms with van der Waals surface area (Å²) in [7, 11) is 4.09. The zero-order chi connectivity index (χ0) is 15.6. The number of hydrogen-bond donors (Lipinski definition) is 1. The van der Waals surface area contributed by atoms with Crippen molar-refractivity contribution in [2.45, 2.75) is 19.9 Å². The molecule has 114 valence electrons. The number of hydrogen-bond acceptors (Lipinski definition) is 3. The van der Waals surface area contributed by atoms with Crippen LogP contribution >= 0.6 is 0 Å². The van der Waals surface area contributed by atoms with E-state index in [0.29, 0.717) is 23.2 Å². The summed E-state index contributed by atoms with van der Waals surface area (Å²) >= 11 is 0. The Kier molecular flexibility index (Phi) is 4.63. The van der Waals surface area contributed by atoms with Crippen molar-refractivity contribution in [2.75, 3.05) is 32.5 Å². The van der Waals surface area contributed by atoms with E-state index in [9.17, 15) is 9.59 Å². The monoisotopic (exact) mass is 289 g/mol. The molecule has 0 aliphatic carbocycles. The minimum Gasteiger partial charge on any atom is -0.323 e. The highest BCUT2D eigenvalue weighted by atomic mass is 16.2. The summed E-state index contributed by atoms with van der Waals surface area (Å²) in [5, 5.41) is 2.89. The van der Waals surface area contributed by atoms with E-state index in [1.807, 2.05) is 19.0 Å². The van der Waals surface area contributed by atoms with Crippen LogP contribution in [-0.4, -0.2) is 54.8 Å². The van der Waals surface area contributed by atoms with Crippen molar-refractivity contribution in [3.05, 3.63) is 29.8 Å². The van der Waals surface area contributed by atoms with Crippen molar-refractivity contribution >= 4 is 17.5 Å². The lowest BCUT2D eigenvalue weighted by Crippen LogP contribution is -2.37. The van der Waals surface area contributed by atoms with Gasteiger partial charge in [0, 0.05) is 30.4 Å². The summed E-state index contributed by atoms with van der Waals surface area (Å²) in [6.07, 6.45) is 0. The number of benzene rings is 1. The van der Waals surface area contributed by atoms with Crippen LogP contribution in [0.5, 0.6) is 0 Å². The van der Waals surface area contributed by atoms with Gasteiger partial charge in [0.15, 0.2) is 5.78 Å². The van der Waals surface area contributed by atoms with Gasteiger partial charge in [0.1, 0.15) is 0 Å². The average Bonchev–Trinajstić information content (AvgIpc) is 2.81. The quantitative estimate of drug-likeness (QED) is 0.869. The number of likely N-dealkylation sites (tertiary alicyclic amines) is 1. The van der Waals surface area contributed by atoms with E-state index in [-0.39, 0.29) is 11.8 Å². The molecular formula is C16H23N3O2. The predicted octanol–water partition coefficient (Wildman–Crippen LogP) is 2.30. The van der Waals surface area contributed by atoms with Gasteiger partial charge in [-0.15, -0.1) is 0 Å². The van der Waals surface area contributed by atoms with E-state index in [4.69, 9.17) is 0 Å². The Labute approximate surface area is 125 Å². The average molecular weight is 289 g/mol. The summed E-state index contributed by atoms with van der Waals surface area (Å²) < 4.78 is 0. The topological polar surface area (TPSA) is 52.7 Å². The Morgan fingerprint density at radius 1 is 1.19 bits per heavy atom. The Morgan fingerprint density at radius 3 is 2.29 bits per heavy atom. The van der Waals surface area contributed by atoms with Gasteiger partial charge in [0.25, 0.3) is 0 Å². The van der Waals surface area contributed by atoms with Crippen molar-refractivity contribution < 1.29 is 9.59 Å². The minimum atomic E-state index is -0.0817. The van der Waals surface area contributed by atoms with E-state index in [0.717, 1.165) is 13.1 Å². The molecule has 1 aliphatic heterocycles. The van der Waals surface area contributed by atoms with Crippen LogP contribution in [0.4, 0.5) is 10.5 Å². The Hall–Kier alpha value is -1.88. The van der Waals surface area contributed by atoms with Crippen LogP contribution in [0.1, 0.15) is 24.2 Å². The van der Waals surface area contributed by atoms with Crippen LogP contribution in [0, 0.1) is 5.92 Å². The summed E-state index contributed by atoms with van der Waals surface area (Å²) in [4.78, 5) is 27.5. The standard InChI is InChI=1S/C16H23N3O2/c1-11-9-19(10-15(11)18(3)4)16(21)17-14-7-5-13(6-8-14)12(2)20/h5-8,11,15H,9-10H2,1-4H3,(H,17,21). The maximum atomic E-state index is 12.3. The molecule has 1 fully saturated rings. The molecule has 1 aliphatic rings. The maximum Gasteiger partial charge on any atom is 0.321 e. The van der Waals surface area contributed by atoms with Crippen LogP contribution in [-0.2, 0) is 0 Å². The molecular weight excluding hydrogens is 266 g/mol. The highest BCUT2D eigenvalue weighted by Gasteiger charge is 2.33. The smallest absolute Gasteiger partial charge is 0.321 e. The molecule has 2 rings (SSSR count). The minimum absolute atomic E-state index is 0.0232. The number of urea groups is 1. The molecule has 2 amide bonds. The second-order valence-electron chi connectivity index (χ2n) is 5.98. The SMILES string of the molecule is CC(=O)c1ccc(NC(=O)N2CC(C)C(N(C)C)C2)cc1. The van der Waals surface area contributed by atoms with Crippen LogP contribution < -0.4 is 5.32 Å². The molecule has 0 aromatic heterocycles. The van der Waals surface area contributed by atoms with Crippen LogP contribution in [0.3, 0.4) is 0 Å². The number of amides is 2. The zero-order valence-corrected chi connectivity index (χ0v) is 13.1. The van der Waals surface area contributed by atoms with E-state index in [2.05, 4.69) is 17.1 Å². The molecule has 0 spiro atoms. The Morgan fingerprint density at radius 2 is 1.81 bits per heavy atom. The second kappa shape index (κ2) is 6.26. The number of carbonyl (C=O) groups is 2. The summed E-state index contributed by atoms with van der Waals surface area (Å²) in [5.41, 5.74) is 1.36. The normalized spacial score (nSPS) is 21.7. The van der Waals surface area contributed by atoms with Gasteiger partial charge in [-0.1, -0.05) is 6.92 Å². The van der Waals surface area contributed by atoms with E-state index < -0.39 is 0 Å². The fourth-order valence-electron chi connectivity index (χ4n) is 2.78. The van der Waals surface area contributed by atoms with Gasteiger partial charge >= 0.3 is 6.03 Å². The molecule has 21 heavy (non-hydrogen) atoms. The summed E-state index contributed by atoms with van der Waals surface area (Å²) in [6.45, 7) is 5.20. The van der Waals surface area contributed by atoms with Gasteiger partial charge in [0.05, 0.1) is 0 Å². The van der Waals surface area contributed by atoms with Gasteiger partial charge in [-0.2, -0.15) is 0 Å². The van der Waals surface area contributed by atoms with Crippen LogP contribution in [0.25, 0.3) is 0 Å².